The number of rotatable bonds is 4. The fourth-order valence-corrected chi connectivity index (χ4v) is 2.85. The van der Waals surface area contributed by atoms with E-state index in [4.69, 9.17) is 5.10 Å². The number of hydrogen-bond donors (Lipinski definition) is 1. The Hall–Kier alpha value is -0.830. The molecule has 2 unspecified atom stereocenters. The van der Waals surface area contributed by atoms with E-state index < -0.39 is 0 Å². The second-order valence-electron chi connectivity index (χ2n) is 5.87. The molecule has 1 aromatic heterocycles. The smallest absolute Gasteiger partial charge is 0.0762 e. The van der Waals surface area contributed by atoms with Gasteiger partial charge in [-0.05, 0) is 37.7 Å². The molecular formula is C14H23N3. The summed E-state index contributed by atoms with van der Waals surface area (Å²) in [5.41, 5.74) is 1.20. The molecule has 3 nitrogen and oxygen atoms in total. The number of aromatic nitrogens is 2. The van der Waals surface area contributed by atoms with Gasteiger partial charge < -0.3 is 5.32 Å². The van der Waals surface area contributed by atoms with E-state index in [9.17, 15) is 0 Å². The molecule has 3 heteroatoms. The molecule has 2 aliphatic carbocycles. The number of hydrogen-bond acceptors (Lipinski definition) is 2. The van der Waals surface area contributed by atoms with Gasteiger partial charge in [0.25, 0.3) is 0 Å². The Kier molecular flexibility index (Phi) is 3.19. The lowest BCUT2D eigenvalue weighted by atomic mass is 9.87. The van der Waals surface area contributed by atoms with Crippen molar-refractivity contribution in [1.82, 2.24) is 15.1 Å². The highest BCUT2D eigenvalue weighted by Gasteiger charge is 2.22. The molecular weight excluding hydrogens is 210 g/mol. The largest absolute Gasteiger partial charge is 0.308 e. The SMILES string of the molecule is CC1CCCC(n2ccc(CNC3CC3)n2)C1. The molecule has 2 aliphatic rings. The van der Waals surface area contributed by atoms with E-state index in [0.717, 1.165) is 18.5 Å². The third-order valence-corrected chi connectivity index (χ3v) is 4.10. The molecule has 1 heterocycles. The van der Waals surface area contributed by atoms with Gasteiger partial charge in [-0.2, -0.15) is 5.10 Å². The third kappa shape index (κ3) is 2.89. The summed E-state index contributed by atoms with van der Waals surface area (Å²) in [5, 5.41) is 8.24. The van der Waals surface area contributed by atoms with E-state index in [1.807, 2.05) is 0 Å². The van der Waals surface area contributed by atoms with Crippen LogP contribution in [0.3, 0.4) is 0 Å². The molecule has 0 spiro atoms. The van der Waals surface area contributed by atoms with Crippen molar-refractivity contribution in [2.24, 2.45) is 5.92 Å². The summed E-state index contributed by atoms with van der Waals surface area (Å²) in [4.78, 5) is 0. The fourth-order valence-electron chi connectivity index (χ4n) is 2.85. The van der Waals surface area contributed by atoms with Crippen molar-refractivity contribution >= 4 is 0 Å². The molecule has 1 N–H and O–H groups in total. The first-order valence-corrected chi connectivity index (χ1v) is 7.08. The molecule has 0 bridgehead atoms. The average Bonchev–Trinajstić information content (AvgIpc) is 3.04. The van der Waals surface area contributed by atoms with Gasteiger partial charge in [-0.3, -0.25) is 4.68 Å². The Morgan fingerprint density at radius 3 is 3.00 bits per heavy atom. The van der Waals surface area contributed by atoms with Crippen LogP contribution in [0.5, 0.6) is 0 Å². The van der Waals surface area contributed by atoms with Crippen molar-refractivity contribution < 1.29 is 0 Å². The lowest BCUT2D eigenvalue weighted by Crippen LogP contribution is -2.19. The lowest BCUT2D eigenvalue weighted by molar-refractivity contribution is 0.265. The third-order valence-electron chi connectivity index (χ3n) is 4.10. The summed E-state index contributed by atoms with van der Waals surface area (Å²) in [6.45, 7) is 3.31. The van der Waals surface area contributed by atoms with Gasteiger partial charge in [-0.15, -0.1) is 0 Å². The predicted molar refractivity (Wildman–Crippen MR) is 68.8 cm³/mol. The topological polar surface area (TPSA) is 29.9 Å². The monoisotopic (exact) mass is 233 g/mol. The van der Waals surface area contributed by atoms with Crippen LogP contribution < -0.4 is 5.32 Å². The number of nitrogens with zero attached hydrogens (tertiary/aromatic N) is 2. The normalized spacial score (nSPS) is 29.5. The zero-order valence-electron chi connectivity index (χ0n) is 10.7. The van der Waals surface area contributed by atoms with E-state index >= 15 is 0 Å². The average molecular weight is 233 g/mol. The second-order valence-corrected chi connectivity index (χ2v) is 5.87. The fraction of sp³-hybridized carbons (Fsp3) is 0.786. The van der Waals surface area contributed by atoms with Gasteiger partial charge in [0, 0.05) is 18.8 Å². The first kappa shape index (κ1) is 11.3. The van der Waals surface area contributed by atoms with Crippen LogP contribution in [0, 0.1) is 5.92 Å². The highest BCUT2D eigenvalue weighted by atomic mass is 15.3. The van der Waals surface area contributed by atoms with Gasteiger partial charge in [0.2, 0.25) is 0 Å². The Morgan fingerprint density at radius 1 is 1.35 bits per heavy atom. The molecule has 2 saturated carbocycles. The van der Waals surface area contributed by atoms with Crippen LogP contribution in [0.2, 0.25) is 0 Å². The van der Waals surface area contributed by atoms with Crippen molar-refractivity contribution in [2.45, 2.75) is 64.1 Å². The maximum atomic E-state index is 4.72. The van der Waals surface area contributed by atoms with E-state index in [2.05, 4.69) is 29.2 Å². The molecule has 3 rings (SSSR count). The molecule has 94 valence electrons. The van der Waals surface area contributed by atoms with Gasteiger partial charge >= 0.3 is 0 Å². The Labute approximate surface area is 104 Å². The maximum Gasteiger partial charge on any atom is 0.0762 e. The van der Waals surface area contributed by atoms with Gasteiger partial charge in [0.05, 0.1) is 11.7 Å². The van der Waals surface area contributed by atoms with Gasteiger partial charge in [-0.1, -0.05) is 19.8 Å². The summed E-state index contributed by atoms with van der Waals surface area (Å²) < 4.78 is 2.21. The molecule has 0 amide bonds. The molecule has 0 aliphatic heterocycles. The quantitative estimate of drug-likeness (QED) is 0.866. The van der Waals surface area contributed by atoms with Gasteiger partial charge in [0.15, 0.2) is 0 Å². The van der Waals surface area contributed by atoms with Crippen molar-refractivity contribution in [3.63, 3.8) is 0 Å². The summed E-state index contributed by atoms with van der Waals surface area (Å²) in [6, 6.07) is 3.59. The van der Waals surface area contributed by atoms with Crippen molar-refractivity contribution in [3.05, 3.63) is 18.0 Å². The minimum Gasteiger partial charge on any atom is -0.308 e. The van der Waals surface area contributed by atoms with Crippen molar-refractivity contribution in [2.75, 3.05) is 0 Å². The molecule has 17 heavy (non-hydrogen) atoms. The van der Waals surface area contributed by atoms with E-state index in [1.54, 1.807) is 0 Å². The van der Waals surface area contributed by atoms with E-state index in [1.165, 1.54) is 44.2 Å². The van der Waals surface area contributed by atoms with Crippen LogP contribution in [0.25, 0.3) is 0 Å². The van der Waals surface area contributed by atoms with Crippen LogP contribution >= 0.6 is 0 Å². The molecule has 0 saturated heterocycles. The van der Waals surface area contributed by atoms with E-state index in [-0.39, 0.29) is 0 Å². The van der Waals surface area contributed by atoms with Gasteiger partial charge in [-0.25, -0.2) is 0 Å². The molecule has 0 radical (unpaired) electrons. The molecule has 2 fully saturated rings. The van der Waals surface area contributed by atoms with Crippen LogP contribution in [-0.4, -0.2) is 15.8 Å². The zero-order valence-corrected chi connectivity index (χ0v) is 10.7. The molecule has 0 aromatic carbocycles. The van der Waals surface area contributed by atoms with Crippen LogP contribution in [0.4, 0.5) is 0 Å². The highest BCUT2D eigenvalue weighted by molar-refractivity contribution is 5.01. The minimum atomic E-state index is 0.647. The Bertz CT molecular complexity index is 367. The summed E-state index contributed by atoms with van der Waals surface area (Å²) in [7, 11) is 0. The predicted octanol–water partition coefficient (Wildman–Crippen LogP) is 2.89. The minimum absolute atomic E-state index is 0.647. The van der Waals surface area contributed by atoms with Crippen LogP contribution in [0.1, 0.15) is 57.2 Å². The summed E-state index contributed by atoms with van der Waals surface area (Å²) in [5.74, 6) is 0.867. The first-order valence-electron chi connectivity index (χ1n) is 7.08. The van der Waals surface area contributed by atoms with Crippen LogP contribution in [-0.2, 0) is 6.54 Å². The highest BCUT2D eigenvalue weighted by Crippen LogP contribution is 2.31. The lowest BCUT2D eigenvalue weighted by Gasteiger charge is -2.26. The molecule has 2 atom stereocenters. The maximum absolute atomic E-state index is 4.72. The second kappa shape index (κ2) is 4.81. The Balaban J connectivity index is 1.58. The van der Waals surface area contributed by atoms with Crippen molar-refractivity contribution in [1.29, 1.82) is 0 Å². The first-order chi connectivity index (χ1) is 8.31. The Morgan fingerprint density at radius 2 is 2.24 bits per heavy atom. The van der Waals surface area contributed by atoms with Crippen LogP contribution in [0.15, 0.2) is 12.3 Å². The van der Waals surface area contributed by atoms with E-state index in [0.29, 0.717) is 6.04 Å². The standard InChI is InChI=1S/C14H23N3/c1-11-3-2-4-14(9-11)17-8-7-13(16-17)10-15-12-5-6-12/h7-8,11-12,14-15H,2-6,9-10H2,1H3. The summed E-state index contributed by atoms with van der Waals surface area (Å²) in [6.07, 6.45) is 10.2. The zero-order chi connectivity index (χ0) is 11.7. The summed E-state index contributed by atoms with van der Waals surface area (Å²) >= 11 is 0. The van der Waals surface area contributed by atoms with Crippen molar-refractivity contribution in [3.8, 4) is 0 Å². The van der Waals surface area contributed by atoms with Gasteiger partial charge in [0.1, 0.15) is 0 Å². The number of nitrogens with one attached hydrogen (secondary N) is 1. The molecule has 1 aromatic rings.